The number of aliphatic imine (C=N–C) groups is 1. The number of aryl methyl sites for hydroxylation is 1. The molecule has 0 saturated heterocycles. The van der Waals surface area contributed by atoms with E-state index >= 15 is 0 Å². The van der Waals surface area contributed by atoms with E-state index in [1.807, 2.05) is 0 Å². The van der Waals surface area contributed by atoms with Crippen molar-refractivity contribution in [1.82, 2.24) is 10.2 Å². The lowest BCUT2D eigenvalue weighted by molar-refractivity contribution is 0.565. The molecule has 1 aromatic heterocycles. The molecule has 0 unspecified atom stereocenters. The SMILES string of the molecule is Cc1[nH]nc2cc(N=C=O)cc(F)c12. The van der Waals surface area contributed by atoms with Crippen molar-refractivity contribution in [2.75, 3.05) is 0 Å². The zero-order valence-corrected chi connectivity index (χ0v) is 7.34. The van der Waals surface area contributed by atoms with Crippen LogP contribution in [0.2, 0.25) is 0 Å². The molecule has 0 radical (unpaired) electrons. The van der Waals surface area contributed by atoms with Gasteiger partial charge in [0.1, 0.15) is 5.82 Å². The summed E-state index contributed by atoms with van der Waals surface area (Å²) in [5.74, 6) is -0.442. The molecule has 4 nitrogen and oxygen atoms in total. The summed E-state index contributed by atoms with van der Waals surface area (Å²) in [6, 6.07) is 2.70. The Balaban J connectivity index is 2.80. The molecule has 70 valence electrons. The molecule has 0 atom stereocenters. The summed E-state index contributed by atoms with van der Waals surface area (Å²) in [7, 11) is 0. The smallest absolute Gasteiger partial charge is 0.240 e. The van der Waals surface area contributed by atoms with Crippen LogP contribution < -0.4 is 0 Å². The molecule has 0 aliphatic carbocycles. The van der Waals surface area contributed by atoms with Crippen molar-refractivity contribution < 1.29 is 9.18 Å². The van der Waals surface area contributed by atoms with Gasteiger partial charge in [-0.05, 0) is 13.0 Å². The third-order valence-corrected chi connectivity index (χ3v) is 1.95. The summed E-state index contributed by atoms with van der Waals surface area (Å²) in [5, 5.41) is 6.95. The van der Waals surface area contributed by atoms with E-state index in [4.69, 9.17) is 0 Å². The molecule has 0 aliphatic rings. The first-order chi connectivity index (χ1) is 6.72. The van der Waals surface area contributed by atoms with Gasteiger partial charge >= 0.3 is 0 Å². The number of benzene rings is 1. The summed E-state index contributed by atoms with van der Waals surface area (Å²) < 4.78 is 13.4. The minimum atomic E-state index is -0.442. The number of hydrogen-bond acceptors (Lipinski definition) is 3. The van der Waals surface area contributed by atoms with Gasteiger partial charge in [0.25, 0.3) is 0 Å². The minimum absolute atomic E-state index is 0.219. The minimum Gasteiger partial charge on any atom is -0.282 e. The van der Waals surface area contributed by atoms with Crippen LogP contribution in [0, 0.1) is 12.7 Å². The van der Waals surface area contributed by atoms with Crippen LogP contribution in [0.1, 0.15) is 5.69 Å². The number of H-pyrrole nitrogens is 1. The van der Waals surface area contributed by atoms with E-state index < -0.39 is 5.82 Å². The van der Waals surface area contributed by atoms with Gasteiger partial charge in [-0.15, -0.1) is 0 Å². The molecule has 1 heterocycles. The maximum Gasteiger partial charge on any atom is 0.240 e. The maximum atomic E-state index is 13.4. The molecule has 2 aromatic rings. The van der Waals surface area contributed by atoms with Gasteiger partial charge in [0, 0.05) is 11.8 Å². The second kappa shape index (κ2) is 3.05. The number of hydrogen-bond donors (Lipinski definition) is 1. The van der Waals surface area contributed by atoms with Crippen LogP contribution in [0.15, 0.2) is 17.1 Å². The Kier molecular flexibility index (Phi) is 1.87. The Labute approximate surface area is 78.5 Å². The van der Waals surface area contributed by atoms with E-state index in [1.54, 1.807) is 6.92 Å². The second-order valence-corrected chi connectivity index (χ2v) is 2.87. The van der Waals surface area contributed by atoms with E-state index in [1.165, 1.54) is 18.2 Å². The van der Waals surface area contributed by atoms with Gasteiger partial charge in [-0.1, -0.05) is 0 Å². The summed E-state index contributed by atoms with van der Waals surface area (Å²) >= 11 is 0. The van der Waals surface area contributed by atoms with E-state index in [9.17, 15) is 9.18 Å². The van der Waals surface area contributed by atoms with Gasteiger partial charge < -0.3 is 0 Å². The standard InChI is InChI=1S/C9H6FN3O/c1-5-9-7(10)2-6(11-4-14)3-8(9)13-12-5/h2-3H,1H3,(H,12,13). The van der Waals surface area contributed by atoms with Gasteiger partial charge in [-0.25, -0.2) is 9.18 Å². The molecule has 0 saturated carbocycles. The number of fused-ring (bicyclic) bond motifs is 1. The van der Waals surface area contributed by atoms with Crippen LogP contribution in [-0.4, -0.2) is 16.3 Å². The first-order valence-electron chi connectivity index (χ1n) is 3.94. The number of isocyanates is 1. The van der Waals surface area contributed by atoms with Crippen molar-refractivity contribution in [3.8, 4) is 0 Å². The van der Waals surface area contributed by atoms with Crippen LogP contribution in [0.3, 0.4) is 0 Å². The number of halogens is 1. The summed E-state index contributed by atoms with van der Waals surface area (Å²) in [6.07, 6.45) is 1.35. The highest BCUT2D eigenvalue weighted by molar-refractivity contribution is 5.84. The van der Waals surface area contributed by atoms with Crippen LogP contribution >= 0.6 is 0 Å². The zero-order chi connectivity index (χ0) is 10.1. The Morgan fingerprint density at radius 2 is 2.36 bits per heavy atom. The van der Waals surface area contributed by atoms with Gasteiger partial charge in [0.05, 0.1) is 16.6 Å². The largest absolute Gasteiger partial charge is 0.282 e. The number of nitrogens with one attached hydrogen (secondary N) is 1. The molecule has 0 amide bonds. The van der Waals surface area contributed by atoms with Crippen molar-refractivity contribution in [3.63, 3.8) is 0 Å². The van der Waals surface area contributed by atoms with Crippen LogP contribution in [0.25, 0.3) is 10.9 Å². The lowest BCUT2D eigenvalue weighted by atomic mass is 10.2. The molecule has 0 bridgehead atoms. The molecule has 0 spiro atoms. The summed E-state index contributed by atoms with van der Waals surface area (Å²) in [4.78, 5) is 13.3. The molecule has 1 aromatic carbocycles. The fourth-order valence-corrected chi connectivity index (χ4v) is 1.35. The molecule has 0 aliphatic heterocycles. The van der Waals surface area contributed by atoms with Crippen LogP contribution in [0.4, 0.5) is 10.1 Å². The highest BCUT2D eigenvalue weighted by Gasteiger charge is 2.08. The fraction of sp³-hybridized carbons (Fsp3) is 0.111. The molecule has 14 heavy (non-hydrogen) atoms. The molecular formula is C9H6FN3O. The summed E-state index contributed by atoms with van der Waals surface area (Å²) in [6.45, 7) is 1.72. The first-order valence-corrected chi connectivity index (χ1v) is 3.94. The van der Waals surface area contributed by atoms with Crippen LogP contribution in [0.5, 0.6) is 0 Å². The third kappa shape index (κ3) is 1.20. The van der Waals surface area contributed by atoms with Crippen molar-refractivity contribution in [2.45, 2.75) is 6.92 Å². The van der Waals surface area contributed by atoms with Gasteiger partial charge in [0.2, 0.25) is 6.08 Å². The molecule has 5 heteroatoms. The monoisotopic (exact) mass is 191 g/mol. The molecule has 1 N–H and O–H groups in total. The van der Waals surface area contributed by atoms with Gasteiger partial charge in [-0.2, -0.15) is 10.1 Å². The van der Waals surface area contributed by atoms with Crippen molar-refractivity contribution in [3.05, 3.63) is 23.6 Å². The second-order valence-electron chi connectivity index (χ2n) is 2.87. The predicted molar refractivity (Wildman–Crippen MR) is 48.6 cm³/mol. The van der Waals surface area contributed by atoms with Gasteiger partial charge in [-0.3, -0.25) is 5.10 Å². The average Bonchev–Trinajstić information content (AvgIpc) is 2.48. The highest BCUT2D eigenvalue weighted by atomic mass is 19.1. The quantitative estimate of drug-likeness (QED) is 0.553. The number of carbonyl (C=O) groups excluding carboxylic acids is 1. The molecular weight excluding hydrogens is 185 g/mol. The zero-order valence-electron chi connectivity index (χ0n) is 7.34. The number of aromatic amines is 1. The van der Waals surface area contributed by atoms with Crippen LogP contribution in [-0.2, 0) is 4.79 Å². The Hall–Kier alpha value is -2.00. The fourth-order valence-electron chi connectivity index (χ4n) is 1.35. The Bertz CT molecular complexity index is 540. The van der Waals surface area contributed by atoms with E-state index in [0.29, 0.717) is 16.6 Å². The average molecular weight is 191 g/mol. The van der Waals surface area contributed by atoms with E-state index in [-0.39, 0.29) is 5.69 Å². The lowest BCUT2D eigenvalue weighted by Gasteiger charge is -1.94. The van der Waals surface area contributed by atoms with E-state index in [0.717, 1.165) is 0 Å². The Morgan fingerprint density at radius 3 is 3.07 bits per heavy atom. The maximum absolute atomic E-state index is 13.4. The number of aromatic nitrogens is 2. The molecule has 2 rings (SSSR count). The Morgan fingerprint density at radius 1 is 1.57 bits per heavy atom. The van der Waals surface area contributed by atoms with Crippen molar-refractivity contribution >= 4 is 22.7 Å². The third-order valence-electron chi connectivity index (χ3n) is 1.95. The number of rotatable bonds is 1. The summed E-state index contributed by atoms with van der Waals surface area (Å²) in [5.41, 5.74) is 1.33. The predicted octanol–water partition coefficient (Wildman–Crippen LogP) is 1.98. The van der Waals surface area contributed by atoms with Crippen molar-refractivity contribution in [2.24, 2.45) is 4.99 Å². The van der Waals surface area contributed by atoms with Gasteiger partial charge in [0.15, 0.2) is 0 Å². The molecule has 0 fully saturated rings. The van der Waals surface area contributed by atoms with E-state index in [2.05, 4.69) is 15.2 Å². The van der Waals surface area contributed by atoms with Crippen molar-refractivity contribution in [1.29, 1.82) is 0 Å². The lowest BCUT2D eigenvalue weighted by Crippen LogP contribution is -1.78. The first kappa shape index (κ1) is 8.59. The number of nitrogens with zero attached hydrogens (tertiary/aromatic N) is 2. The highest BCUT2D eigenvalue weighted by Crippen LogP contribution is 2.24. The normalized spacial score (nSPS) is 10.1. The topological polar surface area (TPSA) is 58.1 Å².